The second kappa shape index (κ2) is 9.79. The minimum Gasteiger partial charge on any atom is -0.0654 e. The fourth-order valence-corrected chi connectivity index (χ4v) is 5.16. The van der Waals surface area contributed by atoms with Crippen LogP contribution in [0.25, 0.3) is 0 Å². The monoisotopic (exact) mass is 340 g/mol. The fraction of sp³-hybridized carbons (Fsp3) is 0.760. The zero-order valence-electron chi connectivity index (χ0n) is 16.9. The van der Waals surface area contributed by atoms with E-state index >= 15 is 0 Å². The maximum atomic E-state index is 2.59. The second-order valence-corrected chi connectivity index (χ2v) is 9.15. The van der Waals surface area contributed by atoms with Gasteiger partial charge in [-0.2, -0.15) is 0 Å². The van der Waals surface area contributed by atoms with Crippen LogP contribution in [0.3, 0.4) is 0 Å². The average Bonchev–Trinajstić information content (AvgIpc) is 2.65. The number of aryl methyl sites for hydroxylation is 1. The Kier molecular flexibility index (Phi) is 7.44. The van der Waals surface area contributed by atoms with Gasteiger partial charge < -0.3 is 0 Å². The average molecular weight is 341 g/mol. The first-order valence-corrected chi connectivity index (χ1v) is 11.4. The topological polar surface area (TPSA) is 0 Å². The van der Waals surface area contributed by atoms with Crippen molar-refractivity contribution in [1.29, 1.82) is 0 Å². The van der Waals surface area contributed by atoms with Gasteiger partial charge in [0.05, 0.1) is 0 Å². The number of hydrogen-bond donors (Lipinski definition) is 0. The molecule has 0 heteroatoms. The highest BCUT2D eigenvalue weighted by Gasteiger charge is 2.23. The van der Waals surface area contributed by atoms with Crippen LogP contribution in [0.2, 0.25) is 0 Å². The SMILES string of the molecule is CCCCCCCCC1CCc2cc(C3CCC(C)CC3)ccc2C1. The molecular formula is C25H40. The molecule has 0 radical (unpaired) electrons. The highest BCUT2D eigenvalue weighted by atomic mass is 14.3. The van der Waals surface area contributed by atoms with Crippen molar-refractivity contribution in [3.63, 3.8) is 0 Å². The Morgan fingerprint density at radius 3 is 2.40 bits per heavy atom. The highest BCUT2D eigenvalue weighted by molar-refractivity contribution is 5.36. The van der Waals surface area contributed by atoms with E-state index in [1.165, 1.54) is 89.9 Å². The lowest BCUT2D eigenvalue weighted by Crippen LogP contribution is -2.16. The lowest BCUT2D eigenvalue weighted by Gasteiger charge is -2.29. The van der Waals surface area contributed by atoms with Crippen molar-refractivity contribution >= 4 is 0 Å². The summed E-state index contributed by atoms with van der Waals surface area (Å²) in [6.45, 7) is 4.73. The first-order valence-electron chi connectivity index (χ1n) is 11.4. The third kappa shape index (κ3) is 5.60. The van der Waals surface area contributed by atoms with Gasteiger partial charge in [-0.05, 0) is 66.5 Å². The summed E-state index contributed by atoms with van der Waals surface area (Å²) < 4.78 is 0. The minimum atomic E-state index is 0.849. The van der Waals surface area contributed by atoms with Crippen molar-refractivity contribution in [2.75, 3.05) is 0 Å². The molecule has 1 aromatic rings. The fourth-order valence-electron chi connectivity index (χ4n) is 5.16. The van der Waals surface area contributed by atoms with Gasteiger partial charge in [0.25, 0.3) is 0 Å². The van der Waals surface area contributed by atoms with Crippen LogP contribution >= 0.6 is 0 Å². The molecule has 1 atom stereocenters. The zero-order chi connectivity index (χ0) is 17.5. The van der Waals surface area contributed by atoms with Crippen molar-refractivity contribution in [2.45, 2.75) is 110 Å². The zero-order valence-corrected chi connectivity index (χ0v) is 16.9. The first kappa shape index (κ1) is 19.0. The van der Waals surface area contributed by atoms with Gasteiger partial charge in [-0.1, -0.05) is 89.8 Å². The molecule has 25 heavy (non-hydrogen) atoms. The molecule has 0 nitrogen and oxygen atoms in total. The summed E-state index contributed by atoms with van der Waals surface area (Å²) in [5.74, 6) is 2.76. The van der Waals surface area contributed by atoms with E-state index in [0.29, 0.717) is 0 Å². The Bertz CT molecular complexity index is 507. The number of hydrogen-bond acceptors (Lipinski definition) is 0. The van der Waals surface area contributed by atoms with E-state index in [9.17, 15) is 0 Å². The maximum absolute atomic E-state index is 2.59. The van der Waals surface area contributed by atoms with Crippen molar-refractivity contribution < 1.29 is 0 Å². The smallest absolute Gasteiger partial charge is 0.0162 e. The lowest BCUT2D eigenvalue weighted by atomic mass is 9.76. The molecule has 0 aromatic heterocycles. The molecule has 140 valence electrons. The summed E-state index contributed by atoms with van der Waals surface area (Å²) in [4.78, 5) is 0. The second-order valence-electron chi connectivity index (χ2n) is 9.15. The molecule has 2 aliphatic rings. The lowest BCUT2D eigenvalue weighted by molar-refractivity contribution is 0.347. The largest absolute Gasteiger partial charge is 0.0654 e. The van der Waals surface area contributed by atoms with Crippen LogP contribution in [0.5, 0.6) is 0 Å². The summed E-state index contributed by atoms with van der Waals surface area (Å²) in [5, 5.41) is 0. The molecule has 0 aliphatic heterocycles. The van der Waals surface area contributed by atoms with Gasteiger partial charge in [-0.25, -0.2) is 0 Å². The van der Waals surface area contributed by atoms with Crippen molar-refractivity contribution in [3.8, 4) is 0 Å². The Morgan fingerprint density at radius 2 is 1.60 bits per heavy atom. The number of fused-ring (bicyclic) bond motifs is 1. The molecule has 1 unspecified atom stereocenters. The summed E-state index contributed by atoms with van der Waals surface area (Å²) >= 11 is 0. The van der Waals surface area contributed by atoms with E-state index in [0.717, 1.165) is 17.8 Å². The summed E-state index contributed by atoms with van der Waals surface area (Å²) in [5.41, 5.74) is 5.02. The van der Waals surface area contributed by atoms with E-state index in [2.05, 4.69) is 32.0 Å². The van der Waals surface area contributed by atoms with E-state index in [-0.39, 0.29) is 0 Å². The van der Waals surface area contributed by atoms with Crippen LogP contribution < -0.4 is 0 Å². The predicted octanol–water partition coefficient (Wildman–Crippen LogP) is 7.84. The van der Waals surface area contributed by atoms with Crippen LogP contribution in [0.15, 0.2) is 18.2 Å². The Balaban J connectivity index is 1.46. The van der Waals surface area contributed by atoms with E-state index in [4.69, 9.17) is 0 Å². The predicted molar refractivity (Wildman–Crippen MR) is 110 cm³/mol. The molecule has 1 fully saturated rings. The first-order chi connectivity index (χ1) is 12.3. The van der Waals surface area contributed by atoms with Crippen molar-refractivity contribution in [2.24, 2.45) is 11.8 Å². The summed E-state index contributed by atoms with van der Waals surface area (Å²) in [6.07, 6.45) is 19.9. The number of benzene rings is 1. The number of rotatable bonds is 8. The summed E-state index contributed by atoms with van der Waals surface area (Å²) in [7, 11) is 0. The molecule has 2 aliphatic carbocycles. The summed E-state index contributed by atoms with van der Waals surface area (Å²) in [6, 6.07) is 7.57. The molecular weight excluding hydrogens is 300 g/mol. The normalized spacial score (nSPS) is 26.4. The molecule has 1 aromatic carbocycles. The van der Waals surface area contributed by atoms with Crippen LogP contribution in [-0.2, 0) is 12.8 Å². The van der Waals surface area contributed by atoms with Gasteiger partial charge in [-0.3, -0.25) is 0 Å². The van der Waals surface area contributed by atoms with Crippen LogP contribution in [0, 0.1) is 11.8 Å². The van der Waals surface area contributed by atoms with E-state index < -0.39 is 0 Å². The minimum absolute atomic E-state index is 0.849. The molecule has 0 spiro atoms. The van der Waals surface area contributed by atoms with Gasteiger partial charge in [-0.15, -0.1) is 0 Å². The molecule has 1 saturated carbocycles. The van der Waals surface area contributed by atoms with Gasteiger partial charge in [0, 0.05) is 0 Å². The van der Waals surface area contributed by atoms with Gasteiger partial charge >= 0.3 is 0 Å². The van der Waals surface area contributed by atoms with Gasteiger partial charge in [0.2, 0.25) is 0 Å². The molecule has 0 N–H and O–H groups in total. The number of unbranched alkanes of at least 4 members (excludes halogenated alkanes) is 5. The molecule has 0 bridgehead atoms. The van der Waals surface area contributed by atoms with Gasteiger partial charge in [0.1, 0.15) is 0 Å². The highest BCUT2D eigenvalue weighted by Crippen LogP contribution is 2.37. The van der Waals surface area contributed by atoms with Crippen LogP contribution in [0.4, 0.5) is 0 Å². The molecule has 0 heterocycles. The quantitative estimate of drug-likeness (QED) is 0.423. The van der Waals surface area contributed by atoms with E-state index in [1.54, 1.807) is 16.7 Å². The van der Waals surface area contributed by atoms with Gasteiger partial charge in [0.15, 0.2) is 0 Å². The maximum Gasteiger partial charge on any atom is -0.0162 e. The Labute approximate surface area is 156 Å². The van der Waals surface area contributed by atoms with Crippen molar-refractivity contribution in [1.82, 2.24) is 0 Å². The third-order valence-electron chi connectivity index (χ3n) is 7.01. The van der Waals surface area contributed by atoms with Crippen molar-refractivity contribution in [3.05, 3.63) is 34.9 Å². The Morgan fingerprint density at radius 1 is 0.840 bits per heavy atom. The third-order valence-corrected chi connectivity index (χ3v) is 7.01. The molecule has 3 rings (SSSR count). The molecule has 0 saturated heterocycles. The van der Waals surface area contributed by atoms with Crippen LogP contribution in [-0.4, -0.2) is 0 Å². The Hall–Kier alpha value is -0.780. The standard InChI is InChI=1S/C25H40/c1-3-4-5-6-7-8-9-21-12-15-25-19-24(17-16-23(25)18-21)22-13-10-20(2)11-14-22/h16-17,19-22H,3-15,18H2,1-2H3. The molecule has 0 amide bonds. The van der Waals surface area contributed by atoms with Crippen LogP contribution in [0.1, 0.15) is 114 Å². The van der Waals surface area contributed by atoms with E-state index in [1.807, 2.05) is 0 Å².